The van der Waals surface area contributed by atoms with Crippen LogP contribution in [-0.4, -0.2) is 81.7 Å². The molecule has 38 heavy (non-hydrogen) atoms. The molecule has 0 aliphatic carbocycles. The molecule has 2 saturated heterocycles. The number of likely N-dealkylation sites (tertiary alicyclic amines) is 1. The second-order valence-electron chi connectivity index (χ2n) is 9.74. The lowest BCUT2D eigenvalue weighted by molar-refractivity contribution is 0.0697. The van der Waals surface area contributed by atoms with E-state index in [9.17, 15) is 9.90 Å². The van der Waals surface area contributed by atoms with Crippen LogP contribution in [0.5, 0.6) is 0 Å². The number of hydrogen-bond donors (Lipinski definition) is 2. The lowest BCUT2D eigenvalue weighted by Crippen LogP contribution is -2.37. The number of ether oxygens (including phenoxy) is 1. The summed E-state index contributed by atoms with van der Waals surface area (Å²) < 4.78 is 7.62. The molecule has 2 aliphatic heterocycles. The first-order chi connectivity index (χ1) is 18.6. The van der Waals surface area contributed by atoms with Gasteiger partial charge in [-0.15, -0.1) is 0 Å². The van der Waals surface area contributed by atoms with Crippen LogP contribution >= 0.6 is 0 Å². The molecule has 196 valence electrons. The van der Waals surface area contributed by atoms with Gasteiger partial charge in [0.15, 0.2) is 0 Å². The largest absolute Gasteiger partial charge is 0.478 e. The van der Waals surface area contributed by atoms with Crippen molar-refractivity contribution in [1.29, 1.82) is 0 Å². The number of nitrogens with zero attached hydrogens (tertiary/aromatic N) is 6. The number of benzene rings is 2. The van der Waals surface area contributed by atoms with Crippen LogP contribution in [0.4, 0.5) is 17.5 Å². The van der Waals surface area contributed by atoms with Gasteiger partial charge in [0.1, 0.15) is 5.82 Å². The third-order valence-electron chi connectivity index (χ3n) is 7.18. The van der Waals surface area contributed by atoms with E-state index in [1.165, 1.54) is 25.9 Å². The van der Waals surface area contributed by atoms with Crippen LogP contribution in [0, 0.1) is 0 Å². The summed E-state index contributed by atoms with van der Waals surface area (Å²) in [5, 5.41) is 18.3. The summed E-state index contributed by atoms with van der Waals surface area (Å²) in [7, 11) is 0. The number of morpholine rings is 1. The van der Waals surface area contributed by atoms with Gasteiger partial charge in [0, 0.05) is 42.3 Å². The van der Waals surface area contributed by atoms with Gasteiger partial charge in [-0.1, -0.05) is 12.1 Å². The SMILES string of the molecule is O=C(O)c1ccc(Nc2cc(-c3ccc4cnn(CCN5CCCC5)c4c3)nc(N3CCOCC3)n2)cc1. The topological polar surface area (TPSA) is 109 Å². The van der Waals surface area contributed by atoms with Crippen molar-refractivity contribution in [3.8, 4) is 11.3 Å². The Balaban J connectivity index is 1.32. The highest BCUT2D eigenvalue weighted by Gasteiger charge is 2.18. The van der Waals surface area contributed by atoms with Crippen LogP contribution in [0.15, 0.2) is 54.7 Å². The van der Waals surface area contributed by atoms with Crippen molar-refractivity contribution in [2.45, 2.75) is 19.4 Å². The molecule has 2 fully saturated rings. The Morgan fingerprint density at radius 3 is 2.50 bits per heavy atom. The Bertz CT molecular complexity index is 1420. The molecule has 0 atom stereocenters. The standard InChI is InChI=1S/C28H31N7O3/c36-27(37)20-5-7-23(8-6-20)30-26-18-24(31-28(32-26)34-13-15-38-16-14-34)21-3-4-22-19-29-35(25(22)17-21)12-11-33-9-1-2-10-33/h3-8,17-19H,1-2,9-16H2,(H,36,37)(H,30,31,32). The third kappa shape index (κ3) is 5.32. The Hall–Kier alpha value is -4.02. The van der Waals surface area contributed by atoms with E-state index in [2.05, 4.69) is 43.1 Å². The fourth-order valence-electron chi connectivity index (χ4n) is 5.05. The van der Waals surface area contributed by atoms with Gasteiger partial charge in [-0.25, -0.2) is 9.78 Å². The molecule has 10 nitrogen and oxygen atoms in total. The number of carbonyl (C=O) groups is 1. The number of nitrogens with one attached hydrogen (secondary N) is 1. The van der Waals surface area contributed by atoms with Gasteiger partial charge >= 0.3 is 5.97 Å². The molecule has 2 N–H and O–H groups in total. The van der Waals surface area contributed by atoms with Crippen molar-refractivity contribution in [2.24, 2.45) is 0 Å². The number of aromatic carboxylic acids is 1. The molecule has 0 bridgehead atoms. The van der Waals surface area contributed by atoms with Gasteiger partial charge in [0.2, 0.25) is 5.95 Å². The quantitative estimate of drug-likeness (QED) is 0.363. The Morgan fingerprint density at radius 2 is 1.74 bits per heavy atom. The van der Waals surface area contributed by atoms with E-state index < -0.39 is 5.97 Å². The molecule has 6 rings (SSSR count). The molecule has 0 radical (unpaired) electrons. The minimum atomic E-state index is -0.953. The van der Waals surface area contributed by atoms with Crippen LogP contribution in [0.2, 0.25) is 0 Å². The Morgan fingerprint density at radius 1 is 0.947 bits per heavy atom. The first-order valence-electron chi connectivity index (χ1n) is 13.1. The number of hydrogen-bond acceptors (Lipinski definition) is 8. The fourth-order valence-corrected chi connectivity index (χ4v) is 5.05. The summed E-state index contributed by atoms with van der Waals surface area (Å²) in [5.74, 6) is 0.325. The van der Waals surface area contributed by atoms with Crippen LogP contribution in [0.25, 0.3) is 22.2 Å². The average Bonchev–Trinajstić information content (AvgIpc) is 3.62. The fraction of sp³-hybridized carbons (Fsp3) is 0.357. The van der Waals surface area contributed by atoms with Gasteiger partial charge in [-0.3, -0.25) is 4.68 Å². The van der Waals surface area contributed by atoms with Crippen molar-refractivity contribution in [2.75, 3.05) is 56.2 Å². The first-order valence-corrected chi connectivity index (χ1v) is 13.1. The van der Waals surface area contributed by atoms with Crippen LogP contribution in [-0.2, 0) is 11.3 Å². The van der Waals surface area contributed by atoms with E-state index in [-0.39, 0.29) is 5.56 Å². The number of anilines is 3. The van der Waals surface area contributed by atoms with Gasteiger partial charge < -0.3 is 25.0 Å². The number of aromatic nitrogens is 4. The second kappa shape index (κ2) is 10.8. The summed E-state index contributed by atoms with van der Waals surface area (Å²) in [6, 6.07) is 14.9. The number of carboxylic acids is 1. The predicted octanol–water partition coefficient (Wildman–Crippen LogP) is 3.87. The maximum absolute atomic E-state index is 11.2. The predicted molar refractivity (Wildman–Crippen MR) is 146 cm³/mol. The molecule has 2 aromatic heterocycles. The lowest BCUT2D eigenvalue weighted by Gasteiger charge is -2.27. The summed E-state index contributed by atoms with van der Waals surface area (Å²) >= 11 is 0. The number of rotatable bonds is 8. The highest BCUT2D eigenvalue weighted by molar-refractivity contribution is 5.88. The van der Waals surface area contributed by atoms with Crippen molar-refractivity contribution < 1.29 is 14.6 Å². The van der Waals surface area contributed by atoms with Crippen LogP contribution in [0.3, 0.4) is 0 Å². The van der Waals surface area contributed by atoms with Crippen molar-refractivity contribution in [3.05, 3.63) is 60.3 Å². The normalized spacial score (nSPS) is 16.3. The zero-order chi connectivity index (χ0) is 25.9. The monoisotopic (exact) mass is 513 g/mol. The van der Waals surface area contributed by atoms with E-state index in [1.54, 1.807) is 24.3 Å². The molecule has 0 unspecified atom stereocenters. The van der Waals surface area contributed by atoms with Crippen LogP contribution < -0.4 is 10.2 Å². The second-order valence-corrected chi connectivity index (χ2v) is 9.74. The molecule has 2 aromatic carbocycles. The highest BCUT2D eigenvalue weighted by atomic mass is 16.5. The van der Waals surface area contributed by atoms with Gasteiger partial charge in [0.05, 0.1) is 42.7 Å². The van der Waals surface area contributed by atoms with Crippen molar-refractivity contribution >= 4 is 34.3 Å². The van der Waals surface area contributed by atoms with E-state index in [0.717, 1.165) is 54.0 Å². The first kappa shape index (κ1) is 24.3. The van der Waals surface area contributed by atoms with Gasteiger partial charge in [-0.05, 0) is 56.3 Å². The zero-order valence-corrected chi connectivity index (χ0v) is 21.2. The molecule has 0 amide bonds. The van der Waals surface area contributed by atoms with Crippen molar-refractivity contribution in [3.63, 3.8) is 0 Å². The Kier molecular flexibility index (Phi) is 6.89. The molecule has 0 saturated carbocycles. The summed E-state index contributed by atoms with van der Waals surface area (Å²) in [4.78, 5) is 25.6. The number of carboxylic acid groups (broad SMARTS) is 1. The molecule has 0 spiro atoms. The third-order valence-corrected chi connectivity index (χ3v) is 7.18. The highest BCUT2D eigenvalue weighted by Crippen LogP contribution is 2.28. The lowest BCUT2D eigenvalue weighted by atomic mass is 10.1. The Labute approximate surface area is 220 Å². The molecule has 10 heteroatoms. The van der Waals surface area contributed by atoms with E-state index in [0.29, 0.717) is 25.0 Å². The summed E-state index contributed by atoms with van der Waals surface area (Å²) in [5.41, 5.74) is 3.87. The van der Waals surface area contributed by atoms with Gasteiger partial charge in [0.25, 0.3) is 0 Å². The number of fused-ring (bicyclic) bond motifs is 1. The maximum atomic E-state index is 11.2. The smallest absolute Gasteiger partial charge is 0.335 e. The average molecular weight is 514 g/mol. The van der Waals surface area contributed by atoms with E-state index in [1.807, 2.05) is 12.3 Å². The van der Waals surface area contributed by atoms with Crippen molar-refractivity contribution in [1.82, 2.24) is 24.6 Å². The summed E-state index contributed by atoms with van der Waals surface area (Å²) in [6.07, 6.45) is 4.49. The molecule has 2 aliphatic rings. The maximum Gasteiger partial charge on any atom is 0.335 e. The summed E-state index contributed by atoms with van der Waals surface area (Å²) in [6.45, 7) is 6.91. The minimum Gasteiger partial charge on any atom is -0.478 e. The minimum absolute atomic E-state index is 0.238. The van der Waals surface area contributed by atoms with Crippen LogP contribution in [0.1, 0.15) is 23.2 Å². The van der Waals surface area contributed by atoms with E-state index in [4.69, 9.17) is 14.7 Å². The molecular formula is C28H31N7O3. The molecular weight excluding hydrogens is 482 g/mol. The zero-order valence-electron chi connectivity index (χ0n) is 21.2. The molecule has 4 heterocycles. The van der Waals surface area contributed by atoms with E-state index >= 15 is 0 Å². The molecule has 4 aromatic rings. The van der Waals surface area contributed by atoms with Gasteiger partial charge in [-0.2, -0.15) is 10.1 Å².